The summed E-state index contributed by atoms with van der Waals surface area (Å²) in [6.07, 6.45) is 0.518. The standard InChI is InChI=1S/C12H16INO2/c1-8(2)14-11(12(15)16)7-9-3-5-10(13)6-4-9/h3-6,8,11,14H,7H2,1-2H3,(H,15,16). The second kappa shape index (κ2) is 6.20. The van der Waals surface area contributed by atoms with Crippen LogP contribution in [0.4, 0.5) is 0 Å². The van der Waals surface area contributed by atoms with Crippen molar-refractivity contribution in [1.29, 1.82) is 0 Å². The Morgan fingerprint density at radius 1 is 1.38 bits per heavy atom. The molecule has 1 unspecified atom stereocenters. The molecule has 0 aliphatic rings. The van der Waals surface area contributed by atoms with E-state index in [4.69, 9.17) is 5.11 Å². The van der Waals surface area contributed by atoms with Crippen molar-refractivity contribution in [2.24, 2.45) is 0 Å². The molecule has 1 aromatic carbocycles. The topological polar surface area (TPSA) is 49.3 Å². The number of carboxylic acid groups (broad SMARTS) is 1. The van der Waals surface area contributed by atoms with Crippen molar-refractivity contribution in [3.8, 4) is 0 Å². The van der Waals surface area contributed by atoms with Crippen LogP contribution in [0, 0.1) is 3.57 Å². The molecular formula is C12H16INO2. The van der Waals surface area contributed by atoms with E-state index in [1.807, 2.05) is 38.1 Å². The predicted molar refractivity (Wildman–Crippen MR) is 72.6 cm³/mol. The van der Waals surface area contributed by atoms with Crippen LogP contribution in [0.1, 0.15) is 19.4 Å². The van der Waals surface area contributed by atoms with E-state index in [0.29, 0.717) is 6.42 Å². The van der Waals surface area contributed by atoms with E-state index in [1.54, 1.807) is 0 Å². The Labute approximate surface area is 109 Å². The van der Waals surface area contributed by atoms with E-state index >= 15 is 0 Å². The van der Waals surface area contributed by atoms with Gasteiger partial charge in [0.25, 0.3) is 0 Å². The molecule has 1 rings (SSSR count). The van der Waals surface area contributed by atoms with Gasteiger partial charge in [0.1, 0.15) is 6.04 Å². The number of rotatable bonds is 5. The summed E-state index contributed by atoms with van der Waals surface area (Å²) in [5.74, 6) is -0.799. The molecule has 16 heavy (non-hydrogen) atoms. The molecule has 0 heterocycles. The maximum Gasteiger partial charge on any atom is 0.321 e. The van der Waals surface area contributed by atoms with Gasteiger partial charge in [-0.25, -0.2) is 0 Å². The second-order valence-corrected chi connectivity index (χ2v) is 5.29. The molecule has 0 saturated heterocycles. The summed E-state index contributed by atoms with van der Waals surface area (Å²) in [6, 6.07) is 7.58. The van der Waals surface area contributed by atoms with E-state index in [9.17, 15) is 4.79 Å². The van der Waals surface area contributed by atoms with E-state index in [-0.39, 0.29) is 6.04 Å². The summed E-state index contributed by atoms with van der Waals surface area (Å²) in [7, 11) is 0. The number of hydrogen-bond acceptors (Lipinski definition) is 2. The minimum Gasteiger partial charge on any atom is -0.480 e. The monoisotopic (exact) mass is 333 g/mol. The van der Waals surface area contributed by atoms with Crippen LogP contribution < -0.4 is 5.32 Å². The number of carbonyl (C=O) groups is 1. The minimum atomic E-state index is -0.799. The van der Waals surface area contributed by atoms with Crippen LogP contribution >= 0.6 is 22.6 Å². The summed E-state index contributed by atoms with van der Waals surface area (Å²) in [4.78, 5) is 11.0. The second-order valence-electron chi connectivity index (χ2n) is 4.04. The first-order valence-electron chi connectivity index (χ1n) is 5.22. The first kappa shape index (κ1) is 13.4. The molecule has 1 atom stereocenters. The Kier molecular flexibility index (Phi) is 5.21. The summed E-state index contributed by atoms with van der Waals surface area (Å²) in [5.41, 5.74) is 1.04. The van der Waals surface area contributed by atoms with Crippen LogP contribution in [0.2, 0.25) is 0 Å². The molecule has 0 spiro atoms. The molecule has 0 amide bonds. The van der Waals surface area contributed by atoms with Gasteiger partial charge in [0, 0.05) is 9.61 Å². The molecule has 2 N–H and O–H groups in total. The van der Waals surface area contributed by atoms with Crippen molar-refractivity contribution in [2.75, 3.05) is 0 Å². The molecule has 0 bridgehead atoms. The number of benzene rings is 1. The van der Waals surface area contributed by atoms with Crippen LogP contribution in [-0.2, 0) is 11.2 Å². The highest BCUT2D eigenvalue weighted by atomic mass is 127. The van der Waals surface area contributed by atoms with Crippen molar-refractivity contribution in [3.05, 3.63) is 33.4 Å². The maximum absolute atomic E-state index is 11.0. The zero-order valence-electron chi connectivity index (χ0n) is 9.40. The fourth-order valence-electron chi connectivity index (χ4n) is 1.48. The number of hydrogen-bond donors (Lipinski definition) is 2. The number of aliphatic carboxylic acids is 1. The third-order valence-electron chi connectivity index (χ3n) is 2.19. The first-order valence-corrected chi connectivity index (χ1v) is 6.30. The van der Waals surface area contributed by atoms with Gasteiger partial charge in [-0.2, -0.15) is 0 Å². The van der Waals surface area contributed by atoms with Gasteiger partial charge in [-0.15, -0.1) is 0 Å². The van der Waals surface area contributed by atoms with Crippen molar-refractivity contribution in [3.63, 3.8) is 0 Å². The van der Waals surface area contributed by atoms with Crippen molar-refractivity contribution < 1.29 is 9.90 Å². The van der Waals surface area contributed by atoms with E-state index < -0.39 is 12.0 Å². The van der Waals surface area contributed by atoms with Gasteiger partial charge < -0.3 is 10.4 Å². The van der Waals surface area contributed by atoms with Gasteiger partial charge in [0.05, 0.1) is 0 Å². The van der Waals surface area contributed by atoms with Crippen LogP contribution in [0.25, 0.3) is 0 Å². The molecule has 0 fully saturated rings. The van der Waals surface area contributed by atoms with Crippen LogP contribution in [0.15, 0.2) is 24.3 Å². The first-order chi connectivity index (χ1) is 7.49. The predicted octanol–water partition coefficient (Wildman–Crippen LogP) is 2.28. The highest BCUT2D eigenvalue weighted by Crippen LogP contribution is 2.09. The third-order valence-corrected chi connectivity index (χ3v) is 2.90. The van der Waals surface area contributed by atoms with Gasteiger partial charge in [0.2, 0.25) is 0 Å². The third kappa shape index (κ3) is 4.49. The van der Waals surface area contributed by atoms with Crippen LogP contribution in [-0.4, -0.2) is 23.2 Å². The molecule has 4 heteroatoms. The molecule has 0 aromatic heterocycles. The van der Waals surface area contributed by atoms with Gasteiger partial charge >= 0.3 is 5.97 Å². The van der Waals surface area contributed by atoms with Gasteiger partial charge in [-0.3, -0.25) is 4.79 Å². The molecule has 1 aromatic rings. The summed E-state index contributed by atoms with van der Waals surface area (Å²) < 4.78 is 1.16. The van der Waals surface area contributed by atoms with Gasteiger partial charge in [-0.05, 0) is 46.7 Å². The quantitative estimate of drug-likeness (QED) is 0.813. The van der Waals surface area contributed by atoms with Crippen molar-refractivity contribution >= 4 is 28.6 Å². The Bertz CT molecular complexity index is 349. The minimum absolute atomic E-state index is 0.171. The molecule has 0 aliphatic heterocycles. The lowest BCUT2D eigenvalue weighted by Gasteiger charge is -2.17. The fourth-order valence-corrected chi connectivity index (χ4v) is 1.84. The largest absolute Gasteiger partial charge is 0.480 e. The SMILES string of the molecule is CC(C)NC(Cc1ccc(I)cc1)C(=O)O. The van der Waals surface area contributed by atoms with E-state index in [1.165, 1.54) is 0 Å². The molecule has 3 nitrogen and oxygen atoms in total. The molecule has 88 valence electrons. The fraction of sp³-hybridized carbons (Fsp3) is 0.417. The van der Waals surface area contributed by atoms with E-state index in [2.05, 4.69) is 27.9 Å². The van der Waals surface area contributed by atoms with Crippen LogP contribution in [0.3, 0.4) is 0 Å². The zero-order valence-corrected chi connectivity index (χ0v) is 11.6. The van der Waals surface area contributed by atoms with Gasteiger partial charge in [-0.1, -0.05) is 26.0 Å². The summed E-state index contributed by atoms with van der Waals surface area (Å²) in [5, 5.41) is 12.1. The van der Waals surface area contributed by atoms with E-state index in [0.717, 1.165) is 9.13 Å². The zero-order chi connectivity index (χ0) is 12.1. The maximum atomic E-state index is 11.0. The molecule has 0 saturated carbocycles. The Hall–Kier alpha value is -0.620. The van der Waals surface area contributed by atoms with Crippen molar-refractivity contribution in [1.82, 2.24) is 5.32 Å². The smallest absolute Gasteiger partial charge is 0.321 e. The number of nitrogens with one attached hydrogen (secondary N) is 1. The summed E-state index contributed by atoms with van der Waals surface area (Å²) in [6.45, 7) is 3.90. The molecule has 0 aliphatic carbocycles. The average molecular weight is 333 g/mol. The highest BCUT2D eigenvalue weighted by Gasteiger charge is 2.18. The number of carboxylic acids is 1. The van der Waals surface area contributed by atoms with Crippen LogP contribution in [0.5, 0.6) is 0 Å². The van der Waals surface area contributed by atoms with Crippen molar-refractivity contribution in [2.45, 2.75) is 32.4 Å². The Morgan fingerprint density at radius 2 is 1.94 bits per heavy atom. The summed E-state index contributed by atoms with van der Waals surface area (Å²) >= 11 is 2.23. The molecule has 0 radical (unpaired) electrons. The van der Waals surface area contributed by atoms with Gasteiger partial charge in [0.15, 0.2) is 0 Å². The molecular weight excluding hydrogens is 317 g/mol. The number of halogens is 1. The lowest BCUT2D eigenvalue weighted by atomic mass is 10.1. The normalized spacial score (nSPS) is 12.8. The lowest BCUT2D eigenvalue weighted by Crippen LogP contribution is -2.42. The Morgan fingerprint density at radius 3 is 2.38 bits per heavy atom. The Balaban J connectivity index is 2.68. The lowest BCUT2D eigenvalue weighted by molar-refractivity contribution is -0.139. The highest BCUT2D eigenvalue weighted by molar-refractivity contribution is 14.1. The average Bonchev–Trinajstić information content (AvgIpc) is 2.19.